The van der Waals surface area contributed by atoms with E-state index in [9.17, 15) is 36.5 Å². The molecule has 8 nitrogen and oxygen atoms in total. The third-order valence-electron chi connectivity index (χ3n) is 3.13. The quantitative estimate of drug-likeness (QED) is 0.379. The molecule has 0 saturated carbocycles. The molecule has 0 saturated heterocycles. The molecular formula is C15H9ClF3N2NaO6S. The van der Waals surface area contributed by atoms with Crippen molar-refractivity contribution in [3.8, 4) is 11.5 Å². The Labute approximate surface area is 189 Å². The molecule has 150 valence electrons. The molecule has 0 spiro atoms. The van der Waals surface area contributed by atoms with E-state index in [-0.39, 0.29) is 41.1 Å². The summed E-state index contributed by atoms with van der Waals surface area (Å²) in [7, 11) is -4.13. The first kappa shape index (κ1) is 25.2. The summed E-state index contributed by atoms with van der Waals surface area (Å²) in [6.07, 6.45) is -4.00. The molecule has 0 aliphatic heterocycles. The number of nitro groups is 1. The van der Waals surface area contributed by atoms with Gasteiger partial charge in [-0.05, 0) is 30.3 Å². The Balaban J connectivity index is 0.00000420. The van der Waals surface area contributed by atoms with Gasteiger partial charge in [-0.1, -0.05) is 11.6 Å². The molecule has 2 rings (SSSR count). The van der Waals surface area contributed by atoms with Gasteiger partial charge in [-0.2, -0.15) is 13.2 Å². The third kappa shape index (κ3) is 6.85. The van der Waals surface area contributed by atoms with Gasteiger partial charge in [0.05, 0.1) is 31.1 Å². The normalized spacial score (nSPS) is 11.3. The number of rotatable bonds is 5. The van der Waals surface area contributed by atoms with E-state index in [4.69, 9.17) is 16.3 Å². The van der Waals surface area contributed by atoms with E-state index < -0.39 is 48.9 Å². The molecule has 0 unspecified atom stereocenters. The minimum Gasteiger partial charge on any atom is -0.542 e. The summed E-state index contributed by atoms with van der Waals surface area (Å²) >= 11 is 5.76. The summed E-state index contributed by atoms with van der Waals surface area (Å²) < 4.78 is 68.4. The zero-order valence-corrected chi connectivity index (χ0v) is 18.3. The molecule has 0 atom stereocenters. The zero-order chi connectivity index (χ0) is 21.3. The fraction of sp³-hybridized carbons (Fsp3) is 0.133. The maximum absolute atomic E-state index is 12.7. The van der Waals surface area contributed by atoms with Gasteiger partial charge in [0.2, 0.25) is 0 Å². The van der Waals surface area contributed by atoms with Crippen molar-refractivity contribution < 1.29 is 65.6 Å². The number of ether oxygens (including phenoxy) is 1. The number of sulfonamides is 1. The first-order valence-electron chi connectivity index (χ1n) is 7.08. The van der Waals surface area contributed by atoms with Crippen LogP contribution in [0.2, 0.25) is 5.02 Å². The molecule has 0 aromatic heterocycles. The second kappa shape index (κ2) is 9.30. The van der Waals surface area contributed by atoms with Gasteiger partial charge in [-0.15, -0.1) is 0 Å². The minimum atomic E-state index is -4.62. The summed E-state index contributed by atoms with van der Waals surface area (Å²) in [5, 5.41) is 10.6. The SMILES string of the molecule is CS(=O)(=O)[N-]C(=O)c1cc(Oc2ccc(C(F)(F)F)cc2Cl)ccc1[N+](=O)[O-].[Na+]. The Morgan fingerprint density at radius 1 is 1.21 bits per heavy atom. The van der Waals surface area contributed by atoms with Crippen molar-refractivity contribution in [2.75, 3.05) is 6.26 Å². The van der Waals surface area contributed by atoms with Gasteiger partial charge in [-0.3, -0.25) is 10.1 Å². The van der Waals surface area contributed by atoms with Crippen LogP contribution in [0.4, 0.5) is 18.9 Å². The summed E-state index contributed by atoms with van der Waals surface area (Å²) in [5.41, 5.74) is -2.43. The number of amides is 1. The van der Waals surface area contributed by atoms with E-state index in [0.717, 1.165) is 24.3 Å². The summed E-state index contributed by atoms with van der Waals surface area (Å²) in [6, 6.07) is 5.00. The van der Waals surface area contributed by atoms with Crippen molar-refractivity contribution in [1.82, 2.24) is 0 Å². The van der Waals surface area contributed by atoms with Crippen molar-refractivity contribution in [2.24, 2.45) is 0 Å². The van der Waals surface area contributed by atoms with E-state index in [1.165, 1.54) is 0 Å². The number of benzene rings is 2. The molecule has 14 heteroatoms. The van der Waals surface area contributed by atoms with Crippen LogP contribution < -0.4 is 34.3 Å². The van der Waals surface area contributed by atoms with Crippen LogP contribution in [0.3, 0.4) is 0 Å². The molecular weight excluding hydrogens is 452 g/mol. The van der Waals surface area contributed by atoms with Crippen molar-refractivity contribution in [3.05, 3.63) is 67.4 Å². The van der Waals surface area contributed by atoms with Gasteiger partial charge >= 0.3 is 35.7 Å². The van der Waals surface area contributed by atoms with Crippen LogP contribution in [0.25, 0.3) is 4.72 Å². The minimum absolute atomic E-state index is 0. The number of halogens is 4. The molecule has 0 heterocycles. The Hall–Kier alpha value is -1.86. The van der Waals surface area contributed by atoms with Gasteiger partial charge in [-0.25, -0.2) is 8.42 Å². The summed E-state index contributed by atoms with van der Waals surface area (Å²) in [6.45, 7) is 0. The molecule has 2 aromatic carbocycles. The van der Waals surface area contributed by atoms with Crippen molar-refractivity contribution in [2.45, 2.75) is 6.18 Å². The molecule has 29 heavy (non-hydrogen) atoms. The molecule has 2 aromatic rings. The molecule has 0 bridgehead atoms. The topological polar surface area (TPSA) is 118 Å². The summed E-state index contributed by atoms with van der Waals surface area (Å²) in [5.74, 6) is -1.83. The maximum atomic E-state index is 12.7. The maximum Gasteiger partial charge on any atom is 1.00 e. The van der Waals surface area contributed by atoms with Crippen LogP contribution in [0.1, 0.15) is 15.9 Å². The Morgan fingerprint density at radius 3 is 2.31 bits per heavy atom. The average molecular weight is 461 g/mol. The van der Waals surface area contributed by atoms with E-state index in [0.29, 0.717) is 18.4 Å². The van der Waals surface area contributed by atoms with Gasteiger partial charge < -0.3 is 14.3 Å². The monoisotopic (exact) mass is 460 g/mol. The fourth-order valence-corrected chi connectivity index (χ4v) is 2.61. The van der Waals surface area contributed by atoms with Crippen LogP contribution in [0.5, 0.6) is 11.5 Å². The van der Waals surface area contributed by atoms with Crippen LogP contribution in [-0.4, -0.2) is 25.5 Å². The predicted molar refractivity (Wildman–Crippen MR) is 92.2 cm³/mol. The van der Waals surface area contributed by atoms with Gasteiger partial charge in [0, 0.05) is 12.3 Å². The van der Waals surface area contributed by atoms with E-state index in [1.54, 1.807) is 0 Å². The second-order valence-electron chi connectivity index (χ2n) is 5.31. The number of alkyl halides is 3. The number of carbonyl (C=O) groups excluding carboxylic acids is 1. The van der Waals surface area contributed by atoms with E-state index >= 15 is 0 Å². The number of carbonyl (C=O) groups is 1. The third-order valence-corrected chi connectivity index (χ3v) is 3.92. The van der Waals surface area contributed by atoms with Gasteiger partial charge in [0.1, 0.15) is 17.4 Å². The van der Waals surface area contributed by atoms with Gasteiger partial charge in [0.15, 0.2) is 0 Å². The average Bonchev–Trinajstić information content (AvgIpc) is 2.54. The van der Waals surface area contributed by atoms with Crippen LogP contribution in [0.15, 0.2) is 36.4 Å². The van der Waals surface area contributed by atoms with Gasteiger partial charge in [0.25, 0.3) is 5.69 Å². The van der Waals surface area contributed by atoms with Crippen molar-refractivity contribution in [1.29, 1.82) is 0 Å². The van der Waals surface area contributed by atoms with Crippen LogP contribution in [0, 0.1) is 10.1 Å². The first-order valence-corrected chi connectivity index (χ1v) is 9.31. The molecule has 1 amide bonds. The largest absolute Gasteiger partial charge is 1.00 e. The Morgan fingerprint density at radius 2 is 1.83 bits per heavy atom. The van der Waals surface area contributed by atoms with Crippen molar-refractivity contribution >= 4 is 33.2 Å². The smallest absolute Gasteiger partial charge is 0.542 e. The number of nitro benzene ring substituents is 1. The molecule has 0 radical (unpaired) electrons. The number of nitrogens with zero attached hydrogens (tertiary/aromatic N) is 2. The number of hydrogen-bond acceptors (Lipinski definition) is 6. The molecule has 0 aliphatic carbocycles. The molecule has 0 N–H and O–H groups in total. The number of hydrogen-bond donors (Lipinski definition) is 0. The van der Waals surface area contributed by atoms with E-state index in [1.807, 2.05) is 0 Å². The Kier molecular flexibility index (Phi) is 8.08. The van der Waals surface area contributed by atoms with Crippen LogP contribution in [-0.2, 0) is 16.2 Å². The van der Waals surface area contributed by atoms with E-state index in [2.05, 4.69) is 4.72 Å². The first-order chi connectivity index (χ1) is 12.8. The standard InChI is InChI=1S/C15H10ClF3N2O6S.Na/c1-28(25,26)20-14(22)10-7-9(3-4-12(10)21(23)24)27-13-5-2-8(6-11(13)16)15(17,18)19;/h2-7H,1H3,(H,20,22);/q;+1/p-1. The fourth-order valence-electron chi connectivity index (χ4n) is 2.00. The zero-order valence-electron chi connectivity index (χ0n) is 14.7. The Bertz CT molecular complexity index is 1060. The molecule has 0 aliphatic rings. The second-order valence-corrected chi connectivity index (χ2v) is 7.37. The van der Waals surface area contributed by atoms with Crippen LogP contribution >= 0.6 is 11.6 Å². The summed E-state index contributed by atoms with van der Waals surface area (Å²) in [4.78, 5) is 22.1. The van der Waals surface area contributed by atoms with Crippen molar-refractivity contribution in [3.63, 3.8) is 0 Å². The molecule has 0 fully saturated rings. The predicted octanol–water partition coefficient (Wildman–Crippen LogP) is 1.54.